The fraction of sp³-hybridized carbons (Fsp3) is 0.300. The molecule has 0 spiro atoms. The largest absolute Gasteiger partial charge is 0.310 e. The van der Waals surface area contributed by atoms with Crippen molar-refractivity contribution in [3.63, 3.8) is 0 Å². The minimum absolute atomic E-state index is 0.159. The van der Waals surface area contributed by atoms with Crippen molar-refractivity contribution in [2.24, 2.45) is 0 Å². The molecule has 0 amide bonds. The van der Waals surface area contributed by atoms with Gasteiger partial charge in [-0.3, -0.25) is 4.98 Å². The second kappa shape index (κ2) is 4.95. The van der Waals surface area contributed by atoms with Gasteiger partial charge in [-0.05, 0) is 13.1 Å². The van der Waals surface area contributed by atoms with Crippen LogP contribution in [0.2, 0.25) is 0 Å². The molecule has 2 aromatic rings. The van der Waals surface area contributed by atoms with Crippen LogP contribution in [0.5, 0.6) is 0 Å². The summed E-state index contributed by atoms with van der Waals surface area (Å²) < 4.78 is 0. The first-order chi connectivity index (χ1) is 7.40. The summed E-state index contributed by atoms with van der Waals surface area (Å²) in [7, 11) is 1.92. The molecule has 0 aromatic carbocycles. The van der Waals surface area contributed by atoms with Crippen LogP contribution in [0.4, 0.5) is 0 Å². The lowest BCUT2D eigenvalue weighted by atomic mass is 10.2. The number of rotatable bonds is 4. The van der Waals surface area contributed by atoms with Crippen molar-refractivity contribution in [1.82, 2.24) is 20.3 Å². The van der Waals surface area contributed by atoms with Gasteiger partial charge < -0.3 is 5.32 Å². The number of nitrogens with one attached hydrogen (secondary N) is 1. The van der Waals surface area contributed by atoms with Crippen LogP contribution in [0.15, 0.2) is 30.2 Å². The second-order valence-electron chi connectivity index (χ2n) is 3.12. The van der Waals surface area contributed by atoms with Crippen LogP contribution in [0.3, 0.4) is 0 Å². The molecule has 78 valence electrons. The summed E-state index contributed by atoms with van der Waals surface area (Å²) in [5, 5.41) is 3.21. The number of aromatic nitrogens is 3. The maximum atomic E-state index is 4.24. The van der Waals surface area contributed by atoms with Crippen molar-refractivity contribution < 1.29 is 0 Å². The monoisotopic (exact) mass is 220 g/mol. The standard InChI is InChI=1S/C10H12N4S/c1-11-9(5-8-6-12-7-15-8)10-13-3-2-4-14-10/h2-4,6-7,9,11H,5H2,1H3. The highest BCUT2D eigenvalue weighted by Crippen LogP contribution is 2.16. The van der Waals surface area contributed by atoms with Crippen molar-refractivity contribution in [1.29, 1.82) is 0 Å². The zero-order valence-electron chi connectivity index (χ0n) is 8.42. The SMILES string of the molecule is CNC(Cc1cncs1)c1ncccn1. The summed E-state index contributed by atoms with van der Waals surface area (Å²) in [6, 6.07) is 1.98. The zero-order chi connectivity index (χ0) is 10.5. The predicted molar refractivity (Wildman–Crippen MR) is 59.7 cm³/mol. The van der Waals surface area contributed by atoms with E-state index in [0.29, 0.717) is 0 Å². The van der Waals surface area contributed by atoms with Gasteiger partial charge in [0.15, 0.2) is 0 Å². The first-order valence-electron chi connectivity index (χ1n) is 4.71. The van der Waals surface area contributed by atoms with Gasteiger partial charge >= 0.3 is 0 Å². The number of nitrogens with zero attached hydrogens (tertiary/aromatic N) is 3. The molecule has 1 atom stereocenters. The molecule has 15 heavy (non-hydrogen) atoms. The van der Waals surface area contributed by atoms with Gasteiger partial charge in [-0.25, -0.2) is 9.97 Å². The summed E-state index contributed by atoms with van der Waals surface area (Å²) >= 11 is 1.65. The number of thiazole rings is 1. The van der Waals surface area contributed by atoms with Crippen molar-refractivity contribution >= 4 is 11.3 Å². The smallest absolute Gasteiger partial charge is 0.145 e. The molecule has 0 aliphatic carbocycles. The van der Waals surface area contributed by atoms with Crippen LogP contribution >= 0.6 is 11.3 Å². The van der Waals surface area contributed by atoms with E-state index in [4.69, 9.17) is 0 Å². The molecular formula is C10H12N4S. The van der Waals surface area contributed by atoms with E-state index in [0.717, 1.165) is 12.2 Å². The molecular weight excluding hydrogens is 208 g/mol. The third kappa shape index (κ3) is 2.57. The molecule has 2 aromatic heterocycles. The van der Waals surface area contributed by atoms with Crippen LogP contribution in [0.1, 0.15) is 16.7 Å². The average molecular weight is 220 g/mol. The molecule has 0 saturated heterocycles. The summed E-state index contributed by atoms with van der Waals surface area (Å²) in [6.07, 6.45) is 6.29. The number of hydrogen-bond acceptors (Lipinski definition) is 5. The summed E-state index contributed by atoms with van der Waals surface area (Å²) in [6.45, 7) is 0. The highest BCUT2D eigenvalue weighted by atomic mass is 32.1. The van der Waals surface area contributed by atoms with Crippen molar-refractivity contribution in [2.75, 3.05) is 7.05 Å². The van der Waals surface area contributed by atoms with Gasteiger partial charge in [-0.2, -0.15) is 0 Å². The minimum Gasteiger partial charge on any atom is -0.310 e. The number of hydrogen-bond donors (Lipinski definition) is 1. The Labute approximate surface area is 92.4 Å². The Morgan fingerprint density at radius 1 is 1.40 bits per heavy atom. The summed E-state index contributed by atoms with van der Waals surface area (Å²) in [4.78, 5) is 13.8. The van der Waals surface area contributed by atoms with Crippen LogP contribution in [-0.4, -0.2) is 22.0 Å². The Bertz CT molecular complexity index is 387. The Hall–Kier alpha value is -1.33. The van der Waals surface area contributed by atoms with Gasteiger partial charge in [0, 0.05) is 29.9 Å². The van der Waals surface area contributed by atoms with E-state index in [1.54, 1.807) is 23.7 Å². The van der Waals surface area contributed by atoms with E-state index in [9.17, 15) is 0 Å². The van der Waals surface area contributed by atoms with Crippen LogP contribution in [0.25, 0.3) is 0 Å². The van der Waals surface area contributed by atoms with E-state index in [1.165, 1.54) is 4.88 Å². The van der Waals surface area contributed by atoms with Crippen molar-refractivity contribution in [2.45, 2.75) is 12.5 Å². The van der Waals surface area contributed by atoms with Crippen LogP contribution in [-0.2, 0) is 6.42 Å². The van der Waals surface area contributed by atoms with Gasteiger partial charge in [0.25, 0.3) is 0 Å². The van der Waals surface area contributed by atoms with Crippen LogP contribution in [0, 0.1) is 0 Å². The first kappa shape index (κ1) is 10.2. The quantitative estimate of drug-likeness (QED) is 0.847. The van der Waals surface area contributed by atoms with E-state index < -0.39 is 0 Å². The third-order valence-electron chi connectivity index (χ3n) is 2.13. The molecule has 2 heterocycles. The lowest BCUT2D eigenvalue weighted by Crippen LogP contribution is -2.20. The Morgan fingerprint density at radius 3 is 2.80 bits per heavy atom. The molecule has 1 N–H and O–H groups in total. The van der Waals surface area contributed by atoms with Gasteiger partial charge in [-0.1, -0.05) is 0 Å². The second-order valence-corrected chi connectivity index (χ2v) is 4.09. The predicted octanol–water partition coefficient (Wildman–Crippen LogP) is 1.44. The fourth-order valence-electron chi connectivity index (χ4n) is 1.36. The van der Waals surface area contributed by atoms with Gasteiger partial charge in [0.05, 0.1) is 11.6 Å². The first-order valence-corrected chi connectivity index (χ1v) is 5.59. The van der Waals surface area contributed by atoms with Crippen molar-refractivity contribution in [3.05, 3.63) is 40.9 Å². The minimum atomic E-state index is 0.159. The summed E-state index contributed by atoms with van der Waals surface area (Å²) in [5.74, 6) is 0.827. The van der Waals surface area contributed by atoms with Gasteiger partial charge in [0.2, 0.25) is 0 Å². The molecule has 1 unspecified atom stereocenters. The highest BCUT2D eigenvalue weighted by Gasteiger charge is 2.12. The number of likely N-dealkylation sites (N-methyl/N-ethyl adjacent to an activating group) is 1. The lowest BCUT2D eigenvalue weighted by molar-refractivity contribution is 0.560. The van der Waals surface area contributed by atoms with E-state index in [-0.39, 0.29) is 6.04 Å². The zero-order valence-corrected chi connectivity index (χ0v) is 9.24. The Morgan fingerprint density at radius 2 is 2.20 bits per heavy atom. The molecule has 0 bridgehead atoms. The van der Waals surface area contributed by atoms with Gasteiger partial charge in [-0.15, -0.1) is 11.3 Å². The van der Waals surface area contributed by atoms with E-state index >= 15 is 0 Å². The topological polar surface area (TPSA) is 50.7 Å². The fourth-order valence-corrected chi connectivity index (χ4v) is 2.00. The molecule has 0 fully saturated rings. The Kier molecular flexibility index (Phi) is 3.37. The maximum absolute atomic E-state index is 4.24. The molecule has 0 aliphatic heterocycles. The molecule has 2 rings (SSSR count). The molecule has 0 aliphatic rings. The average Bonchev–Trinajstić information content (AvgIpc) is 2.80. The normalized spacial score (nSPS) is 12.6. The van der Waals surface area contributed by atoms with Crippen LogP contribution < -0.4 is 5.32 Å². The lowest BCUT2D eigenvalue weighted by Gasteiger charge is -2.12. The molecule has 5 heteroatoms. The third-order valence-corrected chi connectivity index (χ3v) is 2.94. The van der Waals surface area contributed by atoms with Gasteiger partial charge in [0.1, 0.15) is 5.82 Å². The molecule has 0 radical (unpaired) electrons. The maximum Gasteiger partial charge on any atom is 0.145 e. The Balaban J connectivity index is 2.12. The van der Waals surface area contributed by atoms with E-state index in [1.807, 2.05) is 24.8 Å². The molecule has 4 nitrogen and oxygen atoms in total. The highest BCUT2D eigenvalue weighted by molar-refractivity contribution is 7.09. The molecule has 0 saturated carbocycles. The van der Waals surface area contributed by atoms with Crippen molar-refractivity contribution in [3.8, 4) is 0 Å². The summed E-state index contributed by atoms with van der Waals surface area (Å²) in [5.41, 5.74) is 1.84. The van der Waals surface area contributed by atoms with E-state index in [2.05, 4.69) is 20.3 Å².